The largest absolute Gasteiger partial charge is 0.383 e. The summed E-state index contributed by atoms with van der Waals surface area (Å²) in [4.78, 5) is 33.6. The molecule has 1 aromatic carbocycles. The molecule has 2 fully saturated rings. The topological polar surface area (TPSA) is 86.8 Å². The quantitative estimate of drug-likeness (QED) is 0.691. The van der Waals surface area contributed by atoms with Crippen LogP contribution in [0.15, 0.2) is 42.6 Å². The molecule has 170 valence electrons. The predicted molar refractivity (Wildman–Crippen MR) is 125 cm³/mol. The van der Waals surface area contributed by atoms with Crippen LogP contribution in [0.4, 0.5) is 22.0 Å². The zero-order valence-electron chi connectivity index (χ0n) is 18.1. The number of urea groups is 1. The van der Waals surface area contributed by atoms with Crippen molar-refractivity contribution in [2.75, 3.05) is 41.9 Å². The van der Waals surface area contributed by atoms with E-state index in [2.05, 4.69) is 32.7 Å². The van der Waals surface area contributed by atoms with E-state index >= 15 is 0 Å². The Labute approximate surface area is 192 Å². The van der Waals surface area contributed by atoms with Gasteiger partial charge in [-0.2, -0.15) is 0 Å². The predicted octanol–water partition coefficient (Wildman–Crippen LogP) is 3.67. The number of carbonyl (C=O) groups excluding carboxylic acids is 2. The Balaban J connectivity index is 1.38. The van der Waals surface area contributed by atoms with Gasteiger partial charge in [-0.15, -0.1) is 0 Å². The van der Waals surface area contributed by atoms with Gasteiger partial charge in [0.15, 0.2) is 0 Å². The van der Waals surface area contributed by atoms with E-state index < -0.39 is 12.1 Å². The molecule has 0 spiro atoms. The first-order chi connectivity index (χ1) is 15.5. The van der Waals surface area contributed by atoms with Crippen molar-refractivity contribution in [3.63, 3.8) is 0 Å². The minimum absolute atomic E-state index is 0.110. The Kier molecular flexibility index (Phi) is 7.12. The molecule has 2 saturated heterocycles. The van der Waals surface area contributed by atoms with Crippen LogP contribution >= 0.6 is 11.6 Å². The molecular weight excluding hydrogens is 430 g/mol. The lowest BCUT2D eigenvalue weighted by Crippen LogP contribution is -2.53. The number of nitrogens with zero attached hydrogens (tertiary/aromatic N) is 3. The third-order valence-electron chi connectivity index (χ3n) is 5.94. The summed E-state index contributed by atoms with van der Waals surface area (Å²) in [5, 5.41) is 5.89. The molecule has 0 bridgehead atoms. The highest BCUT2D eigenvalue weighted by Crippen LogP contribution is 2.29. The summed E-state index contributed by atoms with van der Waals surface area (Å²) >= 11 is 5.82. The van der Waals surface area contributed by atoms with Gasteiger partial charge in [0.1, 0.15) is 11.9 Å². The van der Waals surface area contributed by atoms with Gasteiger partial charge in [-0.05, 0) is 62.1 Å². The molecule has 32 heavy (non-hydrogen) atoms. The van der Waals surface area contributed by atoms with E-state index in [1.165, 1.54) is 6.20 Å². The number of benzene rings is 1. The average Bonchev–Trinajstić information content (AvgIpc) is 3.25. The number of halogens is 1. The standard InChI is InChI=1S/C23H28ClN5O3/c1-32-15-19-4-2-12-28(19)17-7-9-18(10-8-17)29-13-3-5-20(22(29)30)26-23(31)27-21-11-6-16(24)14-25-21/h6-11,14,19-20H,2-5,12-13,15H2,1H3,(H2,25,26,27,31). The van der Waals surface area contributed by atoms with Crippen molar-refractivity contribution >= 4 is 40.7 Å². The van der Waals surface area contributed by atoms with Crippen molar-refractivity contribution < 1.29 is 14.3 Å². The first-order valence-corrected chi connectivity index (χ1v) is 11.3. The number of carbonyl (C=O) groups is 2. The van der Waals surface area contributed by atoms with Crippen LogP contribution in [0.25, 0.3) is 0 Å². The van der Waals surface area contributed by atoms with Crippen LogP contribution in [0.5, 0.6) is 0 Å². The van der Waals surface area contributed by atoms with Crippen molar-refractivity contribution in [2.24, 2.45) is 0 Å². The molecule has 0 aliphatic carbocycles. The minimum atomic E-state index is -0.583. The number of amides is 3. The Morgan fingerprint density at radius 1 is 1.12 bits per heavy atom. The van der Waals surface area contributed by atoms with Gasteiger partial charge in [-0.1, -0.05) is 11.6 Å². The number of ether oxygens (including phenoxy) is 1. The second kappa shape index (κ2) is 10.2. The summed E-state index contributed by atoms with van der Waals surface area (Å²) in [5.41, 5.74) is 1.98. The van der Waals surface area contributed by atoms with Crippen LogP contribution in [-0.2, 0) is 9.53 Å². The number of nitrogens with one attached hydrogen (secondary N) is 2. The van der Waals surface area contributed by atoms with E-state index in [-0.39, 0.29) is 5.91 Å². The second-order valence-corrected chi connectivity index (χ2v) is 8.54. The van der Waals surface area contributed by atoms with Gasteiger partial charge in [0.2, 0.25) is 5.91 Å². The van der Waals surface area contributed by atoms with Gasteiger partial charge in [0, 0.05) is 37.8 Å². The molecule has 2 aliphatic heterocycles. The molecule has 0 radical (unpaired) electrons. The normalized spacial score (nSPS) is 21.0. The lowest BCUT2D eigenvalue weighted by molar-refractivity contribution is -0.121. The molecule has 1 aromatic heterocycles. The average molecular weight is 458 g/mol. The monoisotopic (exact) mass is 457 g/mol. The molecule has 3 amide bonds. The van der Waals surface area contributed by atoms with Gasteiger partial charge >= 0.3 is 6.03 Å². The summed E-state index contributed by atoms with van der Waals surface area (Å²) in [6.07, 6.45) is 5.14. The fourth-order valence-electron chi connectivity index (χ4n) is 4.39. The fourth-order valence-corrected chi connectivity index (χ4v) is 4.50. The number of piperidine rings is 1. The third kappa shape index (κ3) is 5.14. The van der Waals surface area contributed by atoms with Crippen LogP contribution in [0, 0.1) is 0 Å². The van der Waals surface area contributed by atoms with Gasteiger partial charge in [-0.3, -0.25) is 10.1 Å². The van der Waals surface area contributed by atoms with Crippen molar-refractivity contribution in [1.29, 1.82) is 0 Å². The number of aromatic nitrogens is 1. The SMILES string of the molecule is COCC1CCCN1c1ccc(N2CCCC(NC(=O)Nc3ccc(Cl)cn3)C2=O)cc1. The van der Waals surface area contributed by atoms with Crippen LogP contribution in [0.2, 0.25) is 5.02 Å². The van der Waals surface area contributed by atoms with Crippen LogP contribution in [-0.4, -0.2) is 55.8 Å². The van der Waals surface area contributed by atoms with Gasteiger partial charge in [0.05, 0.1) is 17.7 Å². The summed E-state index contributed by atoms with van der Waals surface area (Å²) < 4.78 is 5.35. The second-order valence-electron chi connectivity index (χ2n) is 8.11. The van der Waals surface area contributed by atoms with Crippen molar-refractivity contribution in [3.05, 3.63) is 47.6 Å². The molecule has 2 N–H and O–H groups in total. The number of anilines is 3. The maximum atomic E-state index is 13.1. The maximum Gasteiger partial charge on any atom is 0.321 e. The van der Waals surface area contributed by atoms with E-state index in [0.717, 1.165) is 37.2 Å². The molecule has 2 aromatic rings. The molecule has 4 rings (SSSR count). The van der Waals surface area contributed by atoms with Crippen LogP contribution in [0.1, 0.15) is 25.7 Å². The van der Waals surface area contributed by atoms with E-state index in [4.69, 9.17) is 16.3 Å². The van der Waals surface area contributed by atoms with Crippen LogP contribution < -0.4 is 20.4 Å². The molecular formula is C23H28ClN5O3. The first-order valence-electron chi connectivity index (χ1n) is 10.9. The zero-order chi connectivity index (χ0) is 22.5. The smallest absolute Gasteiger partial charge is 0.321 e. The zero-order valence-corrected chi connectivity index (χ0v) is 18.8. The van der Waals surface area contributed by atoms with Crippen LogP contribution in [0.3, 0.4) is 0 Å². The number of hydrogen-bond donors (Lipinski definition) is 2. The Morgan fingerprint density at radius 3 is 2.59 bits per heavy atom. The molecule has 0 saturated carbocycles. The lowest BCUT2D eigenvalue weighted by Gasteiger charge is -2.33. The number of pyridine rings is 1. The highest BCUT2D eigenvalue weighted by molar-refractivity contribution is 6.30. The van der Waals surface area contributed by atoms with Crippen molar-refractivity contribution in [3.8, 4) is 0 Å². The first kappa shape index (κ1) is 22.4. The molecule has 8 nitrogen and oxygen atoms in total. The van der Waals surface area contributed by atoms with E-state index in [1.54, 1.807) is 24.1 Å². The van der Waals surface area contributed by atoms with Gasteiger partial charge in [-0.25, -0.2) is 9.78 Å². The minimum Gasteiger partial charge on any atom is -0.383 e. The van der Waals surface area contributed by atoms with Gasteiger partial charge < -0.3 is 19.9 Å². The summed E-state index contributed by atoms with van der Waals surface area (Å²) in [6.45, 7) is 2.36. The summed E-state index contributed by atoms with van der Waals surface area (Å²) in [5.74, 6) is 0.262. The number of rotatable bonds is 6. The summed E-state index contributed by atoms with van der Waals surface area (Å²) in [7, 11) is 1.73. The molecule has 2 aliphatic rings. The van der Waals surface area contributed by atoms with Crippen molar-refractivity contribution in [2.45, 2.75) is 37.8 Å². The number of hydrogen-bond acceptors (Lipinski definition) is 5. The number of methoxy groups -OCH3 is 1. The summed E-state index contributed by atoms with van der Waals surface area (Å²) in [6, 6.07) is 10.7. The Morgan fingerprint density at radius 2 is 1.88 bits per heavy atom. The maximum absolute atomic E-state index is 13.1. The molecule has 2 atom stereocenters. The highest BCUT2D eigenvalue weighted by atomic mass is 35.5. The fraction of sp³-hybridized carbons (Fsp3) is 0.435. The molecule has 2 unspecified atom stereocenters. The molecule has 3 heterocycles. The lowest BCUT2D eigenvalue weighted by atomic mass is 10.0. The Hall–Kier alpha value is -2.84. The van der Waals surface area contributed by atoms with Crippen molar-refractivity contribution in [1.82, 2.24) is 10.3 Å². The van der Waals surface area contributed by atoms with E-state index in [0.29, 0.717) is 36.5 Å². The Bertz CT molecular complexity index is 938. The third-order valence-corrected chi connectivity index (χ3v) is 6.17. The highest BCUT2D eigenvalue weighted by Gasteiger charge is 2.31. The van der Waals surface area contributed by atoms with E-state index in [9.17, 15) is 9.59 Å². The van der Waals surface area contributed by atoms with E-state index in [1.807, 2.05) is 12.1 Å². The molecule has 9 heteroatoms. The van der Waals surface area contributed by atoms with Gasteiger partial charge in [0.25, 0.3) is 0 Å².